The maximum atomic E-state index is 14.9. The molecule has 0 bridgehead atoms. The molecule has 1 aliphatic rings. The molecule has 5 aromatic rings. The van der Waals surface area contributed by atoms with E-state index >= 15 is 0 Å². The third-order valence-electron chi connectivity index (χ3n) is 7.18. The minimum absolute atomic E-state index is 0.00308. The Balaban J connectivity index is 1.32. The molecule has 1 aliphatic carbocycles. The third kappa shape index (κ3) is 4.67. The van der Waals surface area contributed by atoms with Gasteiger partial charge in [0.15, 0.2) is 5.82 Å². The molecule has 0 spiro atoms. The van der Waals surface area contributed by atoms with Crippen LogP contribution in [0, 0.1) is 11.6 Å². The summed E-state index contributed by atoms with van der Waals surface area (Å²) in [5.74, 6) is -5.31. The van der Waals surface area contributed by atoms with Gasteiger partial charge in [-0.3, -0.25) is 4.79 Å². The lowest BCUT2D eigenvalue weighted by molar-refractivity contribution is -0.136. The van der Waals surface area contributed by atoms with Crippen LogP contribution in [0.1, 0.15) is 36.1 Å². The zero-order valence-electron chi connectivity index (χ0n) is 20.8. The van der Waals surface area contributed by atoms with Crippen LogP contribution in [-0.2, 0) is 16.6 Å². The predicted molar refractivity (Wildman–Crippen MR) is 137 cm³/mol. The van der Waals surface area contributed by atoms with Crippen LogP contribution in [0.2, 0.25) is 0 Å². The van der Waals surface area contributed by atoms with E-state index in [0.29, 0.717) is 27.9 Å². The van der Waals surface area contributed by atoms with Crippen molar-refractivity contribution in [3.8, 4) is 23.0 Å². The summed E-state index contributed by atoms with van der Waals surface area (Å²) in [5.41, 5.74) is 1.56. The minimum atomic E-state index is -2.90. The Morgan fingerprint density at radius 2 is 1.88 bits per heavy atom. The highest BCUT2D eigenvalue weighted by Gasteiger charge is 2.59. The smallest absolute Gasteiger partial charge is 0.303 e. The normalized spacial score (nSPS) is 15.6. The number of nitrogens with zero attached hydrogens (tertiary/aromatic N) is 2. The molecular weight excluding hydrogens is 528 g/mol. The number of ether oxygens (including phenoxy) is 1. The maximum Gasteiger partial charge on any atom is 0.303 e. The molecule has 0 aliphatic heterocycles. The molecule has 1 saturated carbocycles. The van der Waals surface area contributed by atoms with Crippen LogP contribution in [0.5, 0.6) is 11.6 Å². The lowest BCUT2D eigenvalue weighted by atomic mass is 9.60. The van der Waals surface area contributed by atoms with Crippen LogP contribution in [0.25, 0.3) is 22.4 Å². The molecule has 11 heteroatoms. The van der Waals surface area contributed by atoms with Crippen molar-refractivity contribution in [2.45, 2.75) is 37.0 Å². The Morgan fingerprint density at radius 1 is 1.05 bits per heavy atom. The Hall–Kier alpha value is -4.67. The molecule has 0 amide bonds. The van der Waals surface area contributed by atoms with Crippen molar-refractivity contribution in [1.82, 2.24) is 19.9 Å². The van der Waals surface area contributed by atoms with Gasteiger partial charge in [-0.15, -0.1) is 0 Å². The first-order valence-electron chi connectivity index (χ1n) is 12.5. The van der Waals surface area contributed by atoms with Gasteiger partial charge in [-0.2, -0.15) is 0 Å². The average molecular weight is 551 g/mol. The first-order valence-corrected chi connectivity index (χ1v) is 12.5. The van der Waals surface area contributed by atoms with E-state index in [1.54, 1.807) is 36.5 Å². The molecule has 3 aromatic heterocycles. The quantitative estimate of drug-likeness (QED) is 0.185. The number of pyridine rings is 1. The maximum absolute atomic E-state index is 14.9. The van der Waals surface area contributed by atoms with E-state index in [-0.39, 0.29) is 35.9 Å². The number of halogens is 4. The molecule has 0 radical (unpaired) electrons. The lowest BCUT2D eigenvalue weighted by Crippen LogP contribution is -2.50. The van der Waals surface area contributed by atoms with Crippen molar-refractivity contribution in [3.63, 3.8) is 0 Å². The predicted octanol–water partition coefficient (Wildman–Crippen LogP) is 6.76. The van der Waals surface area contributed by atoms with Crippen molar-refractivity contribution in [2.24, 2.45) is 0 Å². The number of aromatic amines is 2. The number of nitrogens with one attached hydrogen (secondary N) is 2. The van der Waals surface area contributed by atoms with Crippen molar-refractivity contribution >= 4 is 17.0 Å². The van der Waals surface area contributed by atoms with Gasteiger partial charge in [0.1, 0.15) is 17.4 Å². The van der Waals surface area contributed by atoms with Gasteiger partial charge < -0.3 is 19.8 Å². The van der Waals surface area contributed by atoms with Crippen molar-refractivity contribution < 1.29 is 32.2 Å². The molecule has 1 fully saturated rings. The number of aromatic nitrogens is 4. The topological polar surface area (TPSA) is 104 Å². The fourth-order valence-electron chi connectivity index (χ4n) is 5.23. The highest BCUT2D eigenvalue weighted by atomic mass is 19.3. The number of benzene rings is 2. The molecule has 6 rings (SSSR count). The summed E-state index contributed by atoms with van der Waals surface area (Å²) in [5, 5.41) is 9.01. The lowest BCUT2D eigenvalue weighted by Gasteiger charge is -2.47. The number of rotatable bonds is 8. The summed E-state index contributed by atoms with van der Waals surface area (Å²) in [6, 6.07) is 13.6. The molecular formula is C29H22F4N4O3. The van der Waals surface area contributed by atoms with Gasteiger partial charge in [0.25, 0.3) is 11.8 Å². The van der Waals surface area contributed by atoms with Crippen molar-refractivity contribution in [3.05, 3.63) is 95.4 Å². The van der Waals surface area contributed by atoms with Gasteiger partial charge in [0, 0.05) is 48.8 Å². The van der Waals surface area contributed by atoms with E-state index in [0.717, 1.165) is 6.07 Å². The average Bonchev–Trinajstić information content (AvgIpc) is 3.57. The molecule has 204 valence electrons. The Bertz CT molecular complexity index is 1740. The number of hydrogen-bond donors (Lipinski definition) is 3. The van der Waals surface area contributed by atoms with E-state index in [1.807, 2.05) is 0 Å². The number of carboxylic acids is 1. The van der Waals surface area contributed by atoms with Crippen LogP contribution in [0.15, 0.2) is 67.0 Å². The SMILES string of the molecule is O=C(O)CCc1cccc(C2(c3cnc(-c4cc(Oc5nc6cc[nH]c6cc5F)ccc4F)[nH]3)CC(F)(F)C2)c1. The molecule has 2 aromatic carbocycles. The number of aliphatic carboxylic acids is 1. The Kier molecular flexibility index (Phi) is 6.09. The van der Waals surface area contributed by atoms with Crippen LogP contribution < -0.4 is 4.74 Å². The monoisotopic (exact) mass is 550 g/mol. The largest absolute Gasteiger partial charge is 0.481 e. The van der Waals surface area contributed by atoms with Crippen LogP contribution >= 0.6 is 0 Å². The molecule has 7 nitrogen and oxygen atoms in total. The first-order chi connectivity index (χ1) is 19.1. The van der Waals surface area contributed by atoms with Gasteiger partial charge in [-0.05, 0) is 41.8 Å². The number of imidazole rings is 1. The third-order valence-corrected chi connectivity index (χ3v) is 7.18. The van der Waals surface area contributed by atoms with Crippen LogP contribution in [0.4, 0.5) is 17.6 Å². The first kappa shape index (κ1) is 25.6. The second-order valence-corrected chi connectivity index (χ2v) is 9.96. The van der Waals surface area contributed by atoms with Gasteiger partial charge in [0.05, 0.1) is 16.6 Å². The van der Waals surface area contributed by atoms with Crippen LogP contribution in [-0.4, -0.2) is 36.9 Å². The van der Waals surface area contributed by atoms with E-state index < -0.39 is 41.8 Å². The number of fused-ring (bicyclic) bond motifs is 1. The van der Waals surface area contributed by atoms with E-state index in [1.165, 1.54) is 24.4 Å². The number of hydrogen-bond acceptors (Lipinski definition) is 4. The van der Waals surface area contributed by atoms with Gasteiger partial charge >= 0.3 is 5.97 Å². The standard InChI is InChI=1S/C29H22F4N4O3/c30-20-6-5-18(40-27-21(31)12-23-22(36-27)8-9-34-23)11-19(20)26-35-13-24(37-26)28(14-29(32,33)15-28)17-3-1-2-16(10-17)4-7-25(38)39/h1-3,5-6,8-13,34H,4,7,14-15H2,(H,35,37)(H,38,39). The molecule has 0 atom stereocenters. The van der Waals surface area contributed by atoms with Gasteiger partial charge in [0.2, 0.25) is 0 Å². The summed E-state index contributed by atoms with van der Waals surface area (Å²) in [6.07, 6.45) is 2.22. The number of carbonyl (C=O) groups is 1. The second kappa shape index (κ2) is 9.51. The fourth-order valence-corrected chi connectivity index (χ4v) is 5.23. The summed E-state index contributed by atoms with van der Waals surface area (Å²) in [6.45, 7) is 0. The summed E-state index contributed by atoms with van der Waals surface area (Å²) in [4.78, 5) is 25.3. The van der Waals surface area contributed by atoms with Crippen molar-refractivity contribution in [1.29, 1.82) is 0 Å². The summed E-state index contributed by atoms with van der Waals surface area (Å²) in [7, 11) is 0. The summed E-state index contributed by atoms with van der Waals surface area (Å²) < 4.78 is 63.6. The molecule has 0 saturated heterocycles. The van der Waals surface area contributed by atoms with Crippen molar-refractivity contribution in [2.75, 3.05) is 0 Å². The number of H-pyrrole nitrogens is 2. The zero-order valence-corrected chi connectivity index (χ0v) is 20.8. The molecule has 40 heavy (non-hydrogen) atoms. The highest BCUT2D eigenvalue weighted by Crippen LogP contribution is 2.57. The van der Waals surface area contributed by atoms with Gasteiger partial charge in [-0.25, -0.2) is 27.5 Å². The van der Waals surface area contributed by atoms with Gasteiger partial charge in [-0.1, -0.05) is 24.3 Å². The fraction of sp³-hybridized carbons (Fsp3) is 0.207. The highest BCUT2D eigenvalue weighted by molar-refractivity contribution is 5.75. The van der Waals surface area contributed by atoms with E-state index in [4.69, 9.17) is 9.84 Å². The second-order valence-electron chi connectivity index (χ2n) is 9.96. The number of aryl methyl sites for hydroxylation is 1. The Labute approximate surface area is 224 Å². The van der Waals surface area contributed by atoms with Crippen LogP contribution in [0.3, 0.4) is 0 Å². The van der Waals surface area contributed by atoms with E-state index in [9.17, 15) is 22.4 Å². The zero-order chi connectivity index (χ0) is 28.1. The molecule has 3 N–H and O–H groups in total. The number of carboxylic acid groups (broad SMARTS) is 1. The Morgan fingerprint density at radius 3 is 2.65 bits per heavy atom. The number of alkyl halides is 2. The minimum Gasteiger partial charge on any atom is -0.481 e. The molecule has 0 unspecified atom stereocenters. The van der Waals surface area contributed by atoms with E-state index in [2.05, 4.69) is 19.9 Å². The summed E-state index contributed by atoms with van der Waals surface area (Å²) >= 11 is 0. The molecule has 3 heterocycles.